The smallest absolute Gasteiger partial charge is 0.273 e. The molecule has 0 bridgehead atoms. The molecule has 1 saturated heterocycles. The van der Waals surface area contributed by atoms with Crippen LogP contribution in [0, 0.1) is 35.8 Å². The Kier molecular flexibility index (Phi) is 6.10. The SMILES string of the molecule is Cc1ccc(C(=O)CN(C(=O)c2ccc([N+](=O)[O-])cc2)N2C(=O)[C@H]3CC=CC[C@H]3C2=O)cc1C. The van der Waals surface area contributed by atoms with Crippen LogP contribution in [0.15, 0.2) is 54.6 Å². The Labute approximate surface area is 195 Å². The van der Waals surface area contributed by atoms with Gasteiger partial charge in [-0.15, -0.1) is 0 Å². The normalized spacial score (nSPS) is 19.2. The minimum Gasteiger partial charge on any atom is -0.292 e. The Bertz CT molecular complexity index is 1210. The minimum atomic E-state index is -0.764. The van der Waals surface area contributed by atoms with Gasteiger partial charge in [0.05, 0.1) is 16.8 Å². The zero-order valence-corrected chi connectivity index (χ0v) is 18.8. The molecular weight excluding hydrogens is 438 g/mol. The molecule has 34 heavy (non-hydrogen) atoms. The van der Waals surface area contributed by atoms with Crippen LogP contribution < -0.4 is 0 Å². The molecule has 2 aromatic carbocycles. The number of nitro groups is 1. The van der Waals surface area contributed by atoms with E-state index in [1.54, 1.807) is 18.2 Å². The number of carbonyl (C=O) groups excluding carboxylic acids is 4. The molecule has 0 saturated carbocycles. The molecule has 0 unspecified atom stereocenters. The third-order valence-corrected chi connectivity index (χ3v) is 6.41. The molecule has 1 aliphatic heterocycles. The number of ketones is 1. The number of non-ortho nitro benzene ring substituents is 1. The molecule has 1 heterocycles. The van der Waals surface area contributed by atoms with Gasteiger partial charge in [-0.25, -0.2) is 5.01 Å². The number of fused-ring (bicyclic) bond motifs is 1. The van der Waals surface area contributed by atoms with Gasteiger partial charge in [0.2, 0.25) is 0 Å². The maximum Gasteiger partial charge on any atom is 0.273 e. The van der Waals surface area contributed by atoms with Crippen molar-refractivity contribution in [2.45, 2.75) is 26.7 Å². The van der Waals surface area contributed by atoms with E-state index in [1.165, 1.54) is 12.1 Å². The number of hydrazine groups is 1. The predicted molar refractivity (Wildman–Crippen MR) is 122 cm³/mol. The quantitative estimate of drug-likeness (QED) is 0.214. The summed E-state index contributed by atoms with van der Waals surface area (Å²) >= 11 is 0. The molecule has 0 spiro atoms. The second kappa shape index (κ2) is 9.01. The van der Waals surface area contributed by atoms with E-state index in [1.807, 2.05) is 26.0 Å². The zero-order valence-electron chi connectivity index (χ0n) is 18.8. The van der Waals surface area contributed by atoms with Crippen LogP contribution in [0.3, 0.4) is 0 Å². The number of amides is 3. The van der Waals surface area contributed by atoms with Gasteiger partial charge in [-0.2, -0.15) is 5.01 Å². The third kappa shape index (κ3) is 4.12. The molecular formula is C25H23N3O6. The van der Waals surface area contributed by atoms with Crippen molar-refractivity contribution in [2.24, 2.45) is 11.8 Å². The number of Topliss-reactive ketones (excluding diaryl/α,β-unsaturated/α-hetero) is 1. The number of aryl methyl sites for hydroxylation is 2. The first-order chi connectivity index (χ1) is 16.2. The Morgan fingerprint density at radius 1 is 0.941 bits per heavy atom. The molecule has 9 heteroatoms. The first-order valence-corrected chi connectivity index (χ1v) is 10.9. The lowest BCUT2D eigenvalue weighted by atomic mass is 9.85. The van der Waals surface area contributed by atoms with E-state index in [9.17, 15) is 29.3 Å². The molecule has 0 N–H and O–H groups in total. The average molecular weight is 461 g/mol. The highest BCUT2D eigenvalue weighted by Crippen LogP contribution is 2.36. The first kappa shape index (κ1) is 23.0. The molecule has 1 aliphatic carbocycles. The fourth-order valence-electron chi connectivity index (χ4n) is 4.27. The maximum absolute atomic E-state index is 13.4. The van der Waals surface area contributed by atoms with Crippen molar-refractivity contribution in [2.75, 3.05) is 6.54 Å². The van der Waals surface area contributed by atoms with Crippen molar-refractivity contribution in [1.29, 1.82) is 0 Å². The van der Waals surface area contributed by atoms with Gasteiger partial charge >= 0.3 is 0 Å². The third-order valence-electron chi connectivity index (χ3n) is 6.41. The van der Waals surface area contributed by atoms with Gasteiger partial charge in [0.25, 0.3) is 23.4 Å². The Balaban J connectivity index is 1.70. The lowest BCUT2D eigenvalue weighted by Gasteiger charge is -2.30. The molecule has 2 aliphatic rings. The van der Waals surface area contributed by atoms with E-state index in [2.05, 4.69) is 0 Å². The number of hydrogen-bond donors (Lipinski definition) is 0. The summed E-state index contributed by atoms with van der Waals surface area (Å²) in [5, 5.41) is 12.6. The predicted octanol–water partition coefficient (Wildman–Crippen LogP) is 3.40. The van der Waals surface area contributed by atoms with E-state index in [4.69, 9.17) is 0 Å². The summed E-state index contributed by atoms with van der Waals surface area (Å²) in [7, 11) is 0. The topological polar surface area (TPSA) is 118 Å². The molecule has 0 radical (unpaired) electrons. The second-order valence-electron chi connectivity index (χ2n) is 8.53. The number of nitrogens with zero attached hydrogens (tertiary/aromatic N) is 3. The molecule has 3 amide bonds. The number of imide groups is 1. The largest absolute Gasteiger partial charge is 0.292 e. The van der Waals surface area contributed by atoms with Gasteiger partial charge in [-0.05, 0) is 56.0 Å². The van der Waals surface area contributed by atoms with E-state index in [0.717, 1.165) is 33.3 Å². The van der Waals surface area contributed by atoms with E-state index >= 15 is 0 Å². The van der Waals surface area contributed by atoms with Gasteiger partial charge in [-0.3, -0.25) is 29.3 Å². The summed E-state index contributed by atoms with van der Waals surface area (Å²) in [4.78, 5) is 63.3. The summed E-state index contributed by atoms with van der Waals surface area (Å²) < 4.78 is 0. The fourth-order valence-corrected chi connectivity index (χ4v) is 4.27. The summed E-state index contributed by atoms with van der Waals surface area (Å²) in [6, 6.07) is 9.93. The number of nitro benzene ring substituents is 1. The number of hydrogen-bond acceptors (Lipinski definition) is 6. The van der Waals surface area contributed by atoms with Gasteiger partial charge < -0.3 is 0 Å². The van der Waals surface area contributed by atoms with Crippen LogP contribution in [0.5, 0.6) is 0 Å². The maximum atomic E-state index is 13.4. The number of carbonyl (C=O) groups is 4. The molecule has 1 fully saturated rings. The van der Waals surface area contributed by atoms with Gasteiger partial charge in [0.1, 0.15) is 6.54 Å². The molecule has 174 valence electrons. The van der Waals surface area contributed by atoms with Crippen LogP contribution in [0.2, 0.25) is 0 Å². The van der Waals surface area contributed by atoms with Crippen molar-refractivity contribution < 1.29 is 24.1 Å². The number of allylic oxidation sites excluding steroid dienone is 2. The molecule has 0 aromatic heterocycles. The summed E-state index contributed by atoms with van der Waals surface area (Å²) in [5.41, 5.74) is 2.05. The van der Waals surface area contributed by atoms with Crippen LogP contribution in [-0.4, -0.2) is 45.0 Å². The van der Waals surface area contributed by atoms with E-state index < -0.39 is 46.8 Å². The monoisotopic (exact) mass is 461 g/mol. The summed E-state index contributed by atoms with van der Waals surface area (Å²) in [5.74, 6) is -3.42. The Morgan fingerprint density at radius 2 is 1.50 bits per heavy atom. The van der Waals surface area contributed by atoms with E-state index in [0.29, 0.717) is 18.4 Å². The van der Waals surface area contributed by atoms with Crippen LogP contribution >= 0.6 is 0 Å². The van der Waals surface area contributed by atoms with Crippen molar-refractivity contribution in [3.8, 4) is 0 Å². The lowest BCUT2D eigenvalue weighted by Crippen LogP contribution is -2.52. The van der Waals surface area contributed by atoms with Gasteiger partial charge in [-0.1, -0.05) is 24.3 Å². The fraction of sp³-hybridized carbons (Fsp3) is 0.280. The zero-order chi connectivity index (χ0) is 24.6. The van der Waals surface area contributed by atoms with Crippen molar-refractivity contribution in [3.63, 3.8) is 0 Å². The van der Waals surface area contributed by atoms with E-state index in [-0.39, 0.29) is 11.3 Å². The Morgan fingerprint density at radius 3 is 2.03 bits per heavy atom. The first-order valence-electron chi connectivity index (χ1n) is 10.9. The van der Waals surface area contributed by atoms with Gasteiger partial charge in [0.15, 0.2) is 5.78 Å². The Hall–Kier alpha value is -4.14. The van der Waals surface area contributed by atoms with Crippen LogP contribution in [-0.2, 0) is 9.59 Å². The standard InChI is InChI=1S/C25H23N3O6/c1-15-7-8-18(13-16(15)2)22(29)14-26(23(30)17-9-11-19(12-10-17)28(33)34)27-24(31)20-5-3-4-6-21(20)25(27)32/h3-4,7-13,20-21H,5-6,14H2,1-2H3/t20-,21+. The lowest BCUT2D eigenvalue weighted by molar-refractivity contribution is -0.384. The van der Waals surface area contributed by atoms with Crippen LogP contribution in [0.4, 0.5) is 5.69 Å². The molecule has 2 atom stereocenters. The summed E-state index contributed by atoms with van der Waals surface area (Å²) in [6.45, 7) is 3.24. The van der Waals surface area contributed by atoms with Crippen LogP contribution in [0.1, 0.15) is 44.7 Å². The van der Waals surface area contributed by atoms with Crippen molar-refractivity contribution >= 4 is 29.2 Å². The van der Waals surface area contributed by atoms with Crippen molar-refractivity contribution in [3.05, 3.63) is 87.0 Å². The number of benzene rings is 2. The van der Waals surface area contributed by atoms with Crippen LogP contribution in [0.25, 0.3) is 0 Å². The minimum absolute atomic E-state index is 0.0204. The highest BCUT2D eigenvalue weighted by molar-refractivity contribution is 6.09. The van der Waals surface area contributed by atoms with Gasteiger partial charge in [0, 0.05) is 23.3 Å². The average Bonchev–Trinajstić information content (AvgIpc) is 3.08. The highest BCUT2D eigenvalue weighted by Gasteiger charge is 2.51. The molecule has 2 aromatic rings. The second-order valence-corrected chi connectivity index (χ2v) is 8.53. The molecule has 4 rings (SSSR count). The molecule has 9 nitrogen and oxygen atoms in total. The van der Waals surface area contributed by atoms with Crippen molar-refractivity contribution in [1.82, 2.24) is 10.0 Å². The highest BCUT2D eigenvalue weighted by atomic mass is 16.6. The summed E-state index contributed by atoms with van der Waals surface area (Å²) in [6.07, 6.45) is 4.43. The number of rotatable bonds is 6.